The summed E-state index contributed by atoms with van der Waals surface area (Å²) in [6.07, 6.45) is -10.4. The summed E-state index contributed by atoms with van der Waals surface area (Å²) in [5.74, 6) is 0. The molecule has 2 aliphatic rings. The summed E-state index contributed by atoms with van der Waals surface area (Å²) in [6.45, 7) is 3.20. The minimum Gasteiger partial charge on any atom is -0.394 e. The molecule has 2 saturated heterocycles. The third-order valence-corrected chi connectivity index (χ3v) is 8.90. The minimum atomic E-state index is -1.45. The van der Waals surface area contributed by atoms with Crippen LogP contribution in [-0.2, 0) is 9.47 Å². The van der Waals surface area contributed by atoms with E-state index in [-0.39, 0.29) is 0 Å². The van der Waals surface area contributed by atoms with Crippen molar-refractivity contribution in [2.45, 2.75) is 69.5 Å². The molecule has 2 aromatic rings. The van der Waals surface area contributed by atoms with Crippen LogP contribution in [0.4, 0.5) is 0 Å². The number of hydrogen-bond acceptors (Lipinski definition) is 12. The Bertz CT molecular complexity index is 1080. The summed E-state index contributed by atoms with van der Waals surface area (Å²) in [7, 11) is 0. The summed E-state index contributed by atoms with van der Waals surface area (Å²) in [4.78, 5) is 1.46. The van der Waals surface area contributed by atoms with Gasteiger partial charge in [0.15, 0.2) is 0 Å². The van der Waals surface area contributed by atoms with E-state index in [1.807, 2.05) is 36.4 Å². The molecule has 4 rings (SSSR count). The van der Waals surface area contributed by atoms with Gasteiger partial charge in [0.05, 0.1) is 13.2 Å². The summed E-state index contributed by atoms with van der Waals surface area (Å²) in [5.41, 5.74) is 0.557. The van der Waals surface area contributed by atoms with Crippen molar-refractivity contribution in [2.75, 3.05) is 13.2 Å². The van der Waals surface area contributed by atoms with Gasteiger partial charge in [0.1, 0.15) is 59.7 Å². The van der Waals surface area contributed by atoms with Crippen molar-refractivity contribution in [2.24, 2.45) is 0 Å². The van der Waals surface area contributed by atoms with E-state index >= 15 is 0 Å². The Morgan fingerprint density at radius 3 is 1.63 bits per heavy atom. The van der Waals surface area contributed by atoms with Crippen molar-refractivity contribution in [3.63, 3.8) is 0 Å². The first-order valence-electron chi connectivity index (χ1n) is 12.0. The lowest BCUT2D eigenvalue weighted by Crippen LogP contribution is -2.57. The van der Waals surface area contributed by atoms with Crippen molar-refractivity contribution in [3.8, 4) is 0 Å². The molecule has 38 heavy (non-hydrogen) atoms. The van der Waals surface area contributed by atoms with Gasteiger partial charge in [-0.1, -0.05) is 54.4 Å². The van der Waals surface area contributed by atoms with Crippen molar-refractivity contribution >= 4 is 29.1 Å². The molecule has 0 aromatic heterocycles. The van der Waals surface area contributed by atoms with E-state index in [1.54, 1.807) is 12.1 Å². The molecule has 0 saturated carbocycles. The molecule has 0 radical (unpaired) electrons. The molecule has 2 heterocycles. The Morgan fingerprint density at radius 2 is 1.13 bits per heavy atom. The highest BCUT2D eigenvalue weighted by Crippen LogP contribution is 2.36. The lowest BCUT2D eigenvalue weighted by Gasteiger charge is -2.39. The molecule has 8 N–H and O–H groups in total. The lowest BCUT2D eigenvalue weighted by atomic mass is 10.00. The minimum absolute atomic E-state index is 0.492. The highest BCUT2D eigenvalue weighted by molar-refractivity contribution is 8.00. The van der Waals surface area contributed by atoms with Crippen LogP contribution in [0.2, 0.25) is 0 Å². The highest BCUT2D eigenvalue weighted by atomic mass is 32.2. The van der Waals surface area contributed by atoms with Gasteiger partial charge in [-0.3, -0.25) is 0 Å². The number of aliphatic hydroxyl groups excluding tert-OH is 8. The van der Waals surface area contributed by atoms with Crippen LogP contribution >= 0.6 is 23.5 Å². The summed E-state index contributed by atoms with van der Waals surface area (Å²) in [6, 6.07) is 14.6. The Labute approximate surface area is 228 Å². The largest absolute Gasteiger partial charge is 0.394 e. The van der Waals surface area contributed by atoms with Crippen molar-refractivity contribution < 1.29 is 50.3 Å². The van der Waals surface area contributed by atoms with Gasteiger partial charge in [0.2, 0.25) is 0 Å². The monoisotopic (exact) mass is 568 g/mol. The molecule has 0 spiro atoms. The smallest absolute Gasteiger partial charge is 0.136 e. The molecule has 208 valence electrons. The van der Waals surface area contributed by atoms with Crippen LogP contribution in [-0.4, -0.2) is 114 Å². The second kappa shape index (κ2) is 12.8. The first kappa shape index (κ1) is 29.5. The van der Waals surface area contributed by atoms with Gasteiger partial charge >= 0.3 is 0 Å². The standard InChI is InChI=1S/C26H32O10S2/c1-12(13-5-7-15(8-6-13)37-25-23(33)21(31)19(29)17(10-27)35-25)14-3-2-4-16(9-14)38-26-24(34)22(32)20(30)18(11-28)36-26/h2-9,17-34H,1,10-11H2/t17-,18+,19+,20-,21+,22-,23-,24+,25+,26-/m1/s1. The van der Waals surface area contributed by atoms with Crippen LogP contribution in [0.3, 0.4) is 0 Å². The van der Waals surface area contributed by atoms with E-state index in [1.165, 1.54) is 0 Å². The zero-order chi connectivity index (χ0) is 27.6. The number of ether oxygens (including phenoxy) is 2. The van der Waals surface area contributed by atoms with Gasteiger partial charge < -0.3 is 50.3 Å². The van der Waals surface area contributed by atoms with Gasteiger partial charge in [-0.2, -0.15) is 0 Å². The summed E-state index contributed by atoms with van der Waals surface area (Å²) >= 11 is 2.31. The molecular formula is C26H32O10S2. The molecule has 0 bridgehead atoms. The average Bonchev–Trinajstić information content (AvgIpc) is 2.93. The third-order valence-electron chi connectivity index (χ3n) is 6.59. The predicted octanol–water partition coefficient (Wildman–Crippen LogP) is -0.468. The fourth-order valence-corrected chi connectivity index (χ4v) is 6.44. The van der Waals surface area contributed by atoms with Crippen molar-refractivity contribution in [3.05, 3.63) is 66.2 Å². The highest BCUT2D eigenvalue weighted by Gasteiger charge is 2.44. The Morgan fingerprint density at radius 1 is 0.632 bits per heavy atom. The number of rotatable bonds is 8. The third kappa shape index (κ3) is 6.28. The number of benzene rings is 2. The van der Waals surface area contributed by atoms with E-state index < -0.39 is 72.9 Å². The van der Waals surface area contributed by atoms with E-state index in [4.69, 9.17) is 9.47 Å². The maximum atomic E-state index is 10.3. The first-order chi connectivity index (χ1) is 18.1. The van der Waals surface area contributed by atoms with E-state index in [9.17, 15) is 40.9 Å². The SMILES string of the molecule is C=C(c1ccc(S[C@@H]2O[C@H](CO)[C@H](O)[C@H](O)[C@H]2O)cc1)c1cccc(S[C@H]2O[C@@H](CO)[C@@H](O)[C@@H](O)[C@@H]2O)c1. The molecule has 10 atom stereocenters. The molecule has 2 fully saturated rings. The molecule has 2 aliphatic heterocycles. The van der Waals surface area contributed by atoms with Gasteiger partial charge in [-0.25, -0.2) is 0 Å². The number of thioether (sulfide) groups is 2. The Balaban J connectivity index is 1.42. The zero-order valence-electron chi connectivity index (χ0n) is 20.2. The predicted molar refractivity (Wildman–Crippen MR) is 140 cm³/mol. The Kier molecular flexibility index (Phi) is 9.90. The zero-order valence-corrected chi connectivity index (χ0v) is 21.9. The fourth-order valence-electron chi connectivity index (χ4n) is 4.26. The van der Waals surface area contributed by atoms with Crippen LogP contribution in [0.1, 0.15) is 11.1 Å². The second-order valence-electron chi connectivity index (χ2n) is 9.16. The van der Waals surface area contributed by atoms with Crippen molar-refractivity contribution in [1.29, 1.82) is 0 Å². The quantitative estimate of drug-likeness (QED) is 0.206. The van der Waals surface area contributed by atoms with E-state index in [2.05, 4.69) is 6.58 Å². The van der Waals surface area contributed by atoms with E-state index in [0.29, 0.717) is 5.57 Å². The average molecular weight is 569 g/mol. The molecular weight excluding hydrogens is 536 g/mol. The van der Waals surface area contributed by atoms with Crippen LogP contribution < -0.4 is 0 Å². The maximum Gasteiger partial charge on any atom is 0.136 e. The molecule has 12 heteroatoms. The normalized spacial score (nSPS) is 35.7. The summed E-state index contributed by atoms with van der Waals surface area (Å²) < 4.78 is 11.1. The van der Waals surface area contributed by atoms with Gasteiger partial charge in [0, 0.05) is 9.79 Å². The molecule has 0 aliphatic carbocycles. The maximum absolute atomic E-state index is 10.3. The van der Waals surface area contributed by atoms with Crippen LogP contribution in [0.5, 0.6) is 0 Å². The number of aliphatic hydroxyl groups is 8. The molecule has 2 aromatic carbocycles. The van der Waals surface area contributed by atoms with Crippen LogP contribution in [0.15, 0.2) is 64.9 Å². The topological polar surface area (TPSA) is 180 Å². The first-order valence-corrected chi connectivity index (χ1v) is 13.7. The summed E-state index contributed by atoms with van der Waals surface area (Å²) in [5, 5.41) is 79.4. The van der Waals surface area contributed by atoms with Gasteiger partial charge in [-0.05, 0) is 41.0 Å². The molecule has 10 nitrogen and oxygen atoms in total. The second-order valence-corrected chi connectivity index (χ2v) is 11.5. The number of hydrogen-bond donors (Lipinski definition) is 8. The van der Waals surface area contributed by atoms with Crippen molar-refractivity contribution in [1.82, 2.24) is 0 Å². The lowest BCUT2D eigenvalue weighted by molar-refractivity contribution is -0.205. The fraction of sp³-hybridized carbons (Fsp3) is 0.462. The van der Waals surface area contributed by atoms with Gasteiger partial charge in [-0.15, -0.1) is 0 Å². The van der Waals surface area contributed by atoms with Gasteiger partial charge in [0.25, 0.3) is 0 Å². The van der Waals surface area contributed by atoms with E-state index in [0.717, 1.165) is 44.4 Å². The molecule has 0 amide bonds. The van der Waals surface area contributed by atoms with Crippen LogP contribution in [0, 0.1) is 0 Å². The molecule has 0 unspecified atom stereocenters. The van der Waals surface area contributed by atoms with Crippen LogP contribution in [0.25, 0.3) is 5.57 Å². The Hall–Kier alpha value is -1.52.